The molecule has 0 aromatic heterocycles. The molecule has 8 nitrogen and oxygen atoms in total. The van der Waals surface area contributed by atoms with Crippen LogP contribution in [0.15, 0.2) is 48.5 Å². The zero-order valence-electron chi connectivity index (χ0n) is 28.5. The third-order valence-electron chi connectivity index (χ3n) is 8.66. The van der Waals surface area contributed by atoms with Crippen LogP contribution in [0, 0.1) is 5.92 Å². The highest BCUT2D eigenvalue weighted by Crippen LogP contribution is 2.45. The predicted octanol–water partition coefficient (Wildman–Crippen LogP) is 6.50. The Hall–Kier alpha value is -2.65. The monoisotopic (exact) mass is 614 g/mol. The number of aliphatic hydroxyl groups is 2. The number of ether oxygens (including phenoxy) is 3. The lowest BCUT2D eigenvalue weighted by Gasteiger charge is -2.45. The number of carbonyl (C=O) groups excluding carboxylic acids is 1. The van der Waals surface area contributed by atoms with Gasteiger partial charge in [0, 0.05) is 50.8 Å². The van der Waals surface area contributed by atoms with Gasteiger partial charge in [-0.05, 0) is 89.3 Å². The van der Waals surface area contributed by atoms with Crippen molar-refractivity contribution < 1.29 is 29.2 Å². The Labute approximate surface area is 266 Å². The van der Waals surface area contributed by atoms with Crippen LogP contribution in [0.5, 0.6) is 0 Å². The summed E-state index contributed by atoms with van der Waals surface area (Å²) in [6.45, 7) is 19.7. The van der Waals surface area contributed by atoms with Gasteiger partial charge in [-0.25, -0.2) is 4.79 Å². The lowest BCUT2D eigenvalue weighted by atomic mass is 9.72. The Morgan fingerprint density at radius 1 is 0.727 bits per heavy atom. The molecule has 8 heteroatoms. The van der Waals surface area contributed by atoms with Crippen molar-refractivity contribution in [3.05, 3.63) is 59.7 Å². The van der Waals surface area contributed by atoms with E-state index in [2.05, 4.69) is 51.3 Å². The van der Waals surface area contributed by atoms with Crippen LogP contribution in [0.4, 0.5) is 11.4 Å². The first kappa shape index (κ1) is 37.5. The molecule has 2 rings (SSSR count). The molecular formula is C36H58N2O6. The molecule has 0 aliphatic carbocycles. The van der Waals surface area contributed by atoms with Gasteiger partial charge in [-0.15, -0.1) is 0 Å². The van der Waals surface area contributed by atoms with Crippen LogP contribution >= 0.6 is 0 Å². The average Bonchev–Trinajstić information content (AvgIpc) is 3.05. The van der Waals surface area contributed by atoms with Crippen molar-refractivity contribution in [1.29, 1.82) is 0 Å². The molecule has 2 N–H and O–H groups in total. The first-order valence-electron chi connectivity index (χ1n) is 16.7. The van der Waals surface area contributed by atoms with E-state index in [1.54, 1.807) is 38.1 Å². The molecule has 2 unspecified atom stereocenters. The number of benzene rings is 2. The van der Waals surface area contributed by atoms with Crippen LogP contribution in [0.1, 0.15) is 92.2 Å². The van der Waals surface area contributed by atoms with Crippen molar-refractivity contribution in [2.45, 2.75) is 98.6 Å². The highest BCUT2D eigenvalue weighted by Gasteiger charge is 2.64. The van der Waals surface area contributed by atoms with Crippen LogP contribution in [-0.4, -0.2) is 74.1 Å². The molecule has 2 aromatic rings. The summed E-state index contributed by atoms with van der Waals surface area (Å²) in [5.74, 6) is -0.849. The fourth-order valence-electron chi connectivity index (χ4n) is 5.82. The van der Waals surface area contributed by atoms with Gasteiger partial charge in [-0.3, -0.25) is 0 Å². The second-order valence-electron chi connectivity index (χ2n) is 11.2. The first-order valence-corrected chi connectivity index (χ1v) is 16.7. The van der Waals surface area contributed by atoms with Crippen LogP contribution in [-0.2, 0) is 24.6 Å². The van der Waals surface area contributed by atoms with Crippen LogP contribution in [0.3, 0.4) is 0 Å². The van der Waals surface area contributed by atoms with E-state index in [4.69, 9.17) is 14.2 Å². The van der Waals surface area contributed by atoms with Gasteiger partial charge in [-0.2, -0.15) is 0 Å². The van der Waals surface area contributed by atoms with Crippen LogP contribution in [0.25, 0.3) is 0 Å². The third kappa shape index (κ3) is 8.33. The van der Waals surface area contributed by atoms with Gasteiger partial charge in [0.15, 0.2) is 5.60 Å². The lowest BCUT2D eigenvalue weighted by molar-refractivity contribution is -0.284. The molecule has 0 radical (unpaired) electrons. The zero-order chi connectivity index (χ0) is 32.8. The maximum absolute atomic E-state index is 14.3. The summed E-state index contributed by atoms with van der Waals surface area (Å²) in [4.78, 5) is 18.6. The van der Waals surface area contributed by atoms with E-state index in [9.17, 15) is 15.0 Å². The summed E-state index contributed by atoms with van der Waals surface area (Å²) in [5.41, 5.74) is -2.34. The third-order valence-corrected chi connectivity index (χ3v) is 8.66. The molecule has 0 amide bonds. The van der Waals surface area contributed by atoms with Gasteiger partial charge in [0.1, 0.15) is 0 Å². The Morgan fingerprint density at radius 3 is 1.50 bits per heavy atom. The fraction of sp³-hybridized carbons (Fsp3) is 0.639. The molecule has 0 fully saturated rings. The minimum atomic E-state index is -2.64. The SMILES string of the molecule is CCCCC(CC)COC(=O)C(O)(C(OCC)OCC)C(O)(c1ccc(N(CC)CC)cc1)c1ccc(N(CC)CC)cc1. The minimum absolute atomic E-state index is 0.125. The van der Waals surface area contributed by atoms with Crippen LogP contribution < -0.4 is 9.80 Å². The van der Waals surface area contributed by atoms with Gasteiger partial charge >= 0.3 is 5.97 Å². The molecule has 0 aliphatic rings. The number of anilines is 2. The van der Waals surface area contributed by atoms with Crippen molar-refractivity contribution >= 4 is 17.3 Å². The molecule has 0 saturated heterocycles. The Morgan fingerprint density at radius 2 is 1.16 bits per heavy atom. The summed E-state index contributed by atoms with van der Waals surface area (Å²) in [6.07, 6.45) is 2.29. The van der Waals surface area contributed by atoms with Crippen molar-refractivity contribution in [2.75, 3.05) is 55.8 Å². The smallest absolute Gasteiger partial charge is 0.347 e. The zero-order valence-corrected chi connectivity index (χ0v) is 28.5. The minimum Gasteiger partial charge on any atom is -0.463 e. The van der Waals surface area contributed by atoms with E-state index in [0.717, 1.165) is 63.2 Å². The van der Waals surface area contributed by atoms with Gasteiger partial charge in [-0.1, -0.05) is 57.4 Å². The quantitative estimate of drug-likeness (QED) is 0.122. The lowest BCUT2D eigenvalue weighted by Crippen LogP contribution is -2.66. The molecule has 0 bridgehead atoms. The summed E-state index contributed by atoms with van der Waals surface area (Å²) in [7, 11) is 0. The molecule has 0 spiro atoms. The number of unbranched alkanes of at least 4 members (excludes halogenated alkanes) is 1. The number of rotatable bonds is 21. The number of carbonyl (C=O) groups is 1. The van der Waals surface area contributed by atoms with Crippen molar-refractivity contribution in [3.63, 3.8) is 0 Å². The Kier molecular flexibility index (Phi) is 15.7. The second kappa shape index (κ2) is 18.4. The molecule has 0 heterocycles. The van der Waals surface area contributed by atoms with Gasteiger partial charge < -0.3 is 34.2 Å². The largest absolute Gasteiger partial charge is 0.463 e. The van der Waals surface area contributed by atoms with E-state index >= 15 is 0 Å². The molecule has 0 aliphatic heterocycles. The maximum atomic E-state index is 14.3. The van der Waals surface area contributed by atoms with Crippen LogP contribution in [0.2, 0.25) is 0 Å². The van der Waals surface area contributed by atoms with Gasteiger partial charge in [0.25, 0.3) is 5.60 Å². The summed E-state index contributed by atoms with van der Waals surface area (Å²) in [6, 6.07) is 14.6. The van der Waals surface area contributed by atoms with E-state index in [-0.39, 0.29) is 25.7 Å². The summed E-state index contributed by atoms with van der Waals surface area (Å²) < 4.78 is 17.7. The fourth-order valence-corrected chi connectivity index (χ4v) is 5.82. The summed E-state index contributed by atoms with van der Waals surface area (Å²) >= 11 is 0. The topological polar surface area (TPSA) is 91.7 Å². The van der Waals surface area contributed by atoms with Gasteiger partial charge in [0.05, 0.1) is 6.61 Å². The first-order chi connectivity index (χ1) is 21.2. The number of hydrogen-bond acceptors (Lipinski definition) is 8. The highest BCUT2D eigenvalue weighted by atomic mass is 16.7. The van der Waals surface area contributed by atoms with Gasteiger partial charge in [0.2, 0.25) is 6.29 Å². The van der Waals surface area contributed by atoms with E-state index in [0.29, 0.717) is 11.1 Å². The predicted molar refractivity (Wildman–Crippen MR) is 179 cm³/mol. The highest BCUT2D eigenvalue weighted by molar-refractivity contribution is 5.83. The molecule has 44 heavy (non-hydrogen) atoms. The summed E-state index contributed by atoms with van der Waals surface area (Å²) in [5, 5.41) is 25.7. The number of esters is 1. The average molecular weight is 615 g/mol. The Balaban J connectivity index is 2.82. The van der Waals surface area contributed by atoms with Crippen molar-refractivity contribution in [2.24, 2.45) is 5.92 Å². The molecule has 248 valence electrons. The maximum Gasteiger partial charge on any atom is 0.347 e. The Bertz CT molecular complexity index is 1020. The second-order valence-corrected chi connectivity index (χ2v) is 11.2. The van der Waals surface area contributed by atoms with E-state index in [1.165, 1.54) is 0 Å². The number of hydrogen-bond donors (Lipinski definition) is 2. The molecule has 0 saturated carbocycles. The number of nitrogens with zero attached hydrogens (tertiary/aromatic N) is 2. The van der Waals surface area contributed by atoms with Crippen molar-refractivity contribution in [1.82, 2.24) is 0 Å². The van der Waals surface area contributed by atoms with Crippen molar-refractivity contribution in [3.8, 4) is 0 Å². The molecular weight excluding hydrogens is 556 g/mol. The van der Waals surface area contributed by atoms with E-state index < -0.39 is 23.5 Å². The van der Waals surface area contributed by atoms with E-state index in [1.807, 2.05) is 24.3 Å². The molecule has 2 atom stereocenters. The normalized spacial score (nSPS) is 13.9. The standard InChI is InChI=1S/C36H58N2O6/c1-9-17-18-28(10-2)27-44-33(39)36(41,34(42-15-7)43-16-8)35(40,29-19-23-31(24-20-29)37(11-3)12-4)30-21-25-32(26-22-30)38(13-5)14-6/h19-26,28,34,40-41H,9-18,27H2,1-8H3. The molecule has 2 aromatic carbocycles.